The van der Waals surface area contributed by atoms with Crippen LogP contribution in [0.5, 0.6) is 0 Å². The number of aromatic amines is 1. The molecule has 0 radical (unpaired) electrons. The lowest BCUT2D eigenvalue weighted by atomic mass is 9.83. The van der Waals surface area contributed by atoms with Gasteiger partial charge in [0, 0.05) is 102 Å². The number of carbonyl (C=O) groups is 5. The quantitative estimate of drug-likeness (QED) is 0.186. The number of benzene rings is 3. The third-order valence-electron chi connectivity index (χ3n) is 16.1. The predicted molar refractivity (Wildman–Crippen MR) is 270 cm³/mol. The van der Waals surface area contributed by atoms with Crippen molar-refractivity contribution >= 4 is 46.0 Å². The maximum absolute atomic E-state index is 15.6. The van der Waals surface area contributed by atoms with Gasteiger partial charge in [-0.25, -0.2) is 13.9 Å². The summed E-state index contributed by atoms with van der Waals surface area (Å²) in [6.45, 7) is 6.17. The van der Waals surface area contributed by atoms with E-state index in [9.17, 15) is 28.8 Å². The van der Waals surface area contributed by atoms with Crippen molar-refractivity contribution in [3.63, 3.8) is 0 Å². The average molecular weight is 1000 g/mol. The molecule has 6 aliphatic rings. The first-order valence-corrected chi connectivity index (χ1v) is 26.6. The Balaban J connectivity index is 0.651. The number of aromatic nitrogens is 2. The molecule has 4 aliphatic heterocycles. The molecule has 10 rings (SSSR count). The Hall–Kier alpha value is -6.27. The molecule has 388 valence electrons. The average Bonchev–Trinajstić information content (AvgIpc) is 4.28. The van der Waals surface area contributed by atoms with E-state index in [-0.39, 0.29) is 78.1 Å². The van der Waals surface area contributed by atoms with Gasteiger partial charge in [-0.1, -0.05) is 43.5 Å². The standard InChI is InChI=1S/C55H67F2N9O7/c56-45-14-10-36(33-47-42-8-4-5-9-43(42)52(69)60-59-47)32-44(45)54(71)66-30-26-63(27-31-66)49(67)35-61-20-16-40(17-21-61)73-41-18-22-64(23-19-41)55(72)50(37-6-2-1-3-7-37)58-51(68)39-13-15-48(46(57)34-39)62-24-28-65(29-25-62)53(70)38-11-12-38/h4-5,8-10,13-15,32,34,37-38,40-41,50H,1-3,6-7,11-12,16-31,33,35H2,(H,58,68)(H,60,69)/t50-/m1/s1. The van der Waals surface area contributed by atoms with E-state index in [2.05, 4.69) is 20.4 Å². The fourth-order valence-electron chi connectivity index (χ4n) is 11.6. The largest absolute Gasteiger partial charge is 0.375 e. The second-order valence-electron chi connectivity index (χ2n) is 20.9. The van der Waals surface area contributed by atoms with Crippen LogP contribution >= 0.6 is 0 Å². The number of ether oxygens (including phenoxy) is 1. The van der Waals surface area contributed by atoms with Gasteiger partial charge in [0.25, 0.3) is 17.4 Å². The molecule has 5 heterocycles. The zero-order chi connectivity index (χ0) is 50.6. The van der Waals surface area contributed by atoms with E-state index in [1.807, 2.05) is 26.8 Å². The van der Waals surface area contributed by atoms with E-state index < -0.39 is 29.5 Å². The van der Waals surface area contributed by atoms with E-state index >= 15 is 8.78 Å². The molecule has 1 aromatic heterocycles. The van der Waals surface area contributed by atoms with Gasteiger partial charge in [-0.3, -0.25) is 33.7 Å². The number of likely N-dealkylation sites (tertiary alicyclic amines) is 2. The highest BCUT2D eigenvalue weighted by Gasteiger charge is 2.38. The van der Waals surface area contributed by atoms with Crippen LogP contribution in [0.15, 0.2) is 65.5 Å². The molecule has 0 spiro atoms. The number of H-pyrrole nitrogens is 1. The molecule has 5 amide bonds. The first-order valence-electron chi connectivity index (χ1n) is 26.6. The number of nitrogens with zero attached hydrogens (tertiary/aromatic N) is 7. The van der Waals surface area contributed by atoms with Crippen LogP contribution in [0.2, 0.25) is 0 Å². The first-order chi connectivity index (χ1) is 35.4. The Morgan fingerprint density at radius 1 is 0.671 bits per heavy atom. The number of rotatable bonds is 13. The van der Waals surface area contributed by atoms with Crippen molar-refractivity contribution in [1.29, 1.82) is 0 Å². The second-order valence-corrected chi connectivity index (χ2v) is 20.9. The number of piperazine rings is 2. The van der Waals surface area contributed by atoms with Crippen LogP contribution in [0.1, 0.15) is 103 Å². The molecule has 6 fully saturated rings. The number of halogens is 2. The lowest BCUT2D eigenvalue weighted by Gasteiger charge is -2.40. The molecule has 4 aromatic rings. The van der Waals surface area contributed by atoms with Gasteiger partial charge >= 0.3 is 0 Å². The van der Waals surface area contributed by atoms with Gasteiger partial charge in [0.15, 0.2) is 0 Å². The molecule has 4 saturated heterocycles. The van der Waals surface area contributed by atoms with E-state index in [4.69, 9.17) is 4.74 Å². The van der Waals surface area contributed by atoms with E-state index in [1.54, 1.807) is 46.2 Å². The number of nitrogens with one attached hydrogen (secondary N) is 2. The summed E-state index contributed by atoms with van der Waals surface area (Å²) in [5, 5.41) is 11.0. The van der Waals surface area contributed by atoms with Gasteiger partial charge in [-0.05, 0) is 99.2 Å². The molecule has 2 saturated carbocycles. The summed E-state index contributed by atoms with van der Waals surface area (Å²) in [6, 6.07) is 15.4. The molecule has 1 atom stereocenters. The van der Waals surface area contributed by atoms with Crippen molar-refractivity contribution in [3.05, 3.63) is 105 Å². The fraction of sp³-hybridized carbons (Fsp3) is 0.545. The van der Waals surface area contributed by atoms with Gasteiger partial charge in [0.05, 0.1) is 41.1 Å². The molecule has 2 N–H and O–H groups in total. The molecule has 3 aromatic carbocycles. The van der Waals surface area contributed by atoms with Gasteiger partial charge in [0.2, 0.25) is 17.7 Å². The summed E-state index contributed by atoms with van der Waals surface area (Å²) >= 11 is 0. The molecular weight excluding hydrogens is 937 g/mol. The SMILES string of the molecule is O=C(N[C@@H](C(=O)N1CCC(OC2CCN(CC(=O)N3CCN(C(=O)c4cc(Cc5n[nH]c(=O)c6ccccc56)ccc4F)CC3)CC2)CC1)C1CCCCC1)c1ccc(N2CCN(C(=O)C3CC3)CC2)c(F)c1. The molecule has 16 nitrogen and oxygen atoms in total. The highest BCUT2D eigenvalue weighted by molar-refractivity contribution is 5.98. The monoisotopic (exact) mass is 1000 g/mol. The van der Waals surface area contributed by atoms with Crippen LogP contribution in [0.4, 0.5) is 14.5 Å². The molecule has 73 heavy (non-hydrogen) atoms. The number of amides is 5. The summed E-state index contributed by atoms with van der Waals surface area (Å²) in [4.78, 5) is 91.0. The molecule has 2 aliphatic carbocycles. The lowest BCUT2D eigenvalue weighted by molar-refractivity contribution is -0.140. The number of hydrogen-bond donors (Lipinski definition) is 2. The summed E-state index contributed by atoms with van der Waals surface area (Å²) in [7, 11) is 0. The summed E-state index contributed by atoms with van der Waals surface area (Å²) in [6.07, 6.45) is 9.96. The van der Waals surface area contributed by atoms with Crippen LogP contribution in [-0.4, -0.2) is 168 Å². The van der Waals surface area contributed by atoms with Crippen LogP contribution in [0.25, 0.3) is 10.8 Å². The van der Waals surface area contributed by atoms with Gasteiger partial charge in [-0.2, -0.15) is 5.10 Å². The predicted octanol–water partition coefficient (Wildman–Crippen LogP) is 4.99. The van der Waals surface area contributed by atoms with Gasteiger partial charge in [0.1, 0.15) is 17.7 Å². The second kappa shape index (κ2) is 22.5. The van der Waals surface area contributed by atoms with Crippen LogP contribution in [0, 0.1) is 23.5 Å². The van der Waals surface area contributed by atoms with Crippen molar-refractivity contribution in [3.8, 4) is 0 Å². The number of carbonyl (C=O) groups excluding carboxylic acids is 5. The summed E-state index contributed by atoms with van der Waals surface area (Å²) in [5.74, 6) is -1.74. The van der Waals surface area contributed by atoms with Crippen LogP contribution in [0.3, 0.4) is 0 Å². The normalized spacial score (nSPS) is 20.3. The molecular formula is C55H67F2N9O7. The lowest BCUT2D eigenvalue weighted by Crippen LogP contribution is -2.55. The Labute approximate surface area is 424 Å². The minimum absolute atomic E-state index is 0.00361. The zero-order valence-electron chi connectivity index (χ0n) is 41.6. The van der Waals surface area contributed by atoms with Crippen molar-refractivity contribution in [2.75, 3.05) is 90.0 Å². The maximum Gasteiger partial charge on any atom is 0.272 e. The third-order valence-corrected chi connectivity index (χ3v) is 16.1. The molecule has 18 heteroatoms. The van der Waals surface area contributed by atoms with Crippen LogP contribution in [-0.2, 0) is 25.5 Å². The highest BCUT2D eigenvalue weighted by atomic mass is 19.1. The topological polar surface area (TPSA) is 172 Å². The van der Waals surface area contributed by atoms with Crippen molar-refractivity contribution < 1.29 is 37.5 Å². The molecule has 0 unspecified atom stereocenters. The zero-order valence-corrected chi connectivity index (χ0v) is 41.6. The first kappa shape index (κ1) is 50.3. The van der Waals surface area contributed by atoms with E-state index in [0.717, 1.165) is 57.8 Å². The van der Waals surface area contributed by atoms with Gasteiger partial charge < -0.3 is 34.6 Å². The number of hydrogen-bond acceptors (Lipinski definition) is 10. The third kappa shape index (κ3) is 11.8. The van der Waals surface area contributed by atoms with Crippen molar-refractivity contribution in [1.82, 2.24) is 40.0 Å². The van der Waals surface area contributed by atoms with E-state index in [0.29, 0.717) is 112 Å². The summed E-state index contributed by atoms with van der Waals surface area (Å²) in [5.41, 5.74) is 1.56. The Bertz CT molecular complexity index is 2730. The Morgan fingerprint density at radius 3 is 2.01 bits per heavy atom. The number of fused-ring (bicyclic) bond motifs is 1. The van der Waals surface area contributed by atoms with Crippen molar-refractivity contribution in [2.24, 2.45) is 11.8 Å². The number of anilines is 1. The van der Waals surface area contributed by atoms with E-state index in [1.165, 1.54) is 12.1 Å². The number of piperidine rings is 2. The highest BCUT2D eigenvalue weighted by Crippen LogP contribution is 2.33. The molecule has 0 bridgehead atoms. The minimum atomic E-state index is -0.697. The fourth-order valence-corrected chi connectivity index (χ4v) is 11.6. The van der Waals surface area contributed by atoms with Crippen molar-refractivity contribution in [2.45, 2.75) is 95.3 Å². The Kier molecular flexibility index (Phi) is 15.5. The maximum atomic E-state index is 15.6. The van der Waals surface area contributed by atoms with Crippen LogP contribution < -0.4 is 15.8 Å². The minimum Gasteiger partial charge on any atom is -0.375 e. The Morgan fingerprint density at radius 2 is 1.33 bits per heavy atom. The summed E-state index contributed by atoms with van der Waals surface area (Å²) < 4.78 is 37.3. The van der Waals surface area contributed by atoms with Gasteiger partial charge in [-0.15, -0.1) is 0 Å². The smallest absolute Gasteiger partial charge is 0.272 e.